The lowest BCUT2D eigenvalue weighted by atomic mass is 10.1. The molecule has 3 nitrogen and oxygen atoms in total. The third-order valence-corrected chi connectivity index (χ3v) is 3.55. The van der Waals surface area contributed by atoms with Gasteiger partial charge in [0.05, 0.1) is 6.20 Å². The van der Waals surface area contributed by atoms with Gasteiger partial charge >= 0.3 is 0 Å². The molecule has 1 N–H and O–H groups in total. The summed E-state index contributed by atoms with van der Waals surface area (Å²) in [6.45, 7) is 11.3. The molecule has 0 fully saturated rings. The average molecular weight is 295 g/mol. The summed E-state index contributed by atoms with van der Waals surface area (Å²) >= 11 is 0. The Morgan fingerprint density at radius 2 is 2.00 bits per heavy atom. The Kier molecular flexibility index (Phi) is 8.28. The molecule has 0 aliphatic carbocycles. The summed E-state index contributed by atoms with van der Waals surface area (Å²) in [5.74, 6) is 0.662. The summed E-state index contributed by atoms with van der Waals surface area (Å²) in [6, 6.07) is 1.98. The van der Waals surface area contributed by atoms with Crippen molar-refractivity contribution in [2.24, 2.45) is 0 Å². The van der Waals surface area contributed by atoms with Crippen molar-refractivity contribution in [3.8, 4) is 0 Å². The van der Waals surface area contributed by atoms with Crippen molar-refractivity contribution in [3.63, 3.8) is 0 Å². The molecule has 0 saturated heterocycles. The lowest BCUT2D eigenvalue weighted by Crippen LogP contribution is -2.34. The number of hydrogen-bond donors (Lipinski definition) is 1. The van der Waals surface area contributed by atoms with E-state index in [1.54, 1.807) is 6.07 Å². The van der Waals surface area contributed by atoms with Crippen molar-refractivity contribution < 1.29 is 4.39 Å². The number of anilines is 1. The zero-order valence-corrected chi connectivity index (χ0v) is 14.0. The van der Waals surface area contributed by atoms with Crippen LogP contribution in [0.4, 0.5) is 10.2 Å². The maximum atomic E-state index is 13.5. The SMILES string of the molecule is CCCCCN(c1ncc(F)cc1CNCCC)C(C)C. The maximum absolute atomic E-state index is 13.5. The molecule has 21 heavy (non-hydrogen) atoms. The Labute approximate surface area is 129 Å². The topological polar surface area (TPSA) is 28.2 Å². The van der Waals surface area contributed by atoms with Crippen LogP contribution in [-0.2, 0) is 6.54 Å². The van der Waals surface area contributed by atoms with Gasteiger partial charge in [0.15, 0.2) is 0 Å². The minimum absolute atomic E-state index is 0.260. The van der Waals surface area contributed by atoms with E-state index in [-0.39, 0.29) is 5.82 Å². The summed E-state index contributed by atoms with van der Waals surface area (Å²) in [7, 11) is 0. The highest BCUT2D eigenvalue weighted by Gasteiger charge is 2.16. The lowest BCUT2D eigenvalue weighted by Gasteiger charge is -2.30. The van der Waals surface area contributed by atoms with Crippen molar-refractivity contribution in [3.05, 3.63) is 23.6 Å². The van der Waals surface area contributed by atoms with Crippen LogP contribution in [0, 0.1) is 5.82 Å². The van der Waals surface area contributed by atoms with Crippen LogP contribution in [0.25, 0.3) is 0 Å². The molecule has 0 spiro atoms. The highest BCUT2D eigenvalue weighted by molar-refractivity contribution is 5.47. The first-order valence-electron chi connectivity index (χ1n) is 8.21. The molecule has 1 rings (SSSR count). The third kappa shape index (κ3) is 6.00. The molecule has 1 heterocycles. The van der Waals surface area contributed by atoms with Gasteiger partial charge in [0.2, 0.25) is 0 Å². The Hall–Kier alpha value is -1.16. The number of nitrogens with one attached hydrogen (secondary N) is 1. The monoisotopic (exact) mass is 295 g/mol. The highest BCUT2D eigenvalue weighted by atomic mass is 19.1. The van der Waals surface area contributed by atoms with E-state index in [2.05, 4.69) is 42.9 Å². The number of pyridine rings is 1. The molecule has 4 heteroatoms. The fraction of sp³-hybridized carbons (Fsp3) is 0.706. The summed E-state index contributed by atoms with van der Waals surface area (Å²) in [4.78, 5) is 6.66. The van der Waals surface area contributed by atoms with Gasteiger partial charge in [-0.3, -0.25) is 0 Å². The zero-order valence-electron chi connectivity index (χ0n) is 14.0. The second-order valence-electron chi connectivity index (χ2n) is 5.81. The lowest BCUT2D eigenvalue weighted by molar-refractivity contribution is 0.592. The van der Waals surface area contributed by atoms with Crippen LogP contribution >= 0.6 is 0 Å². The molecular formula is C17H30FN3. The summed E-state index contributed by atoms with van der Waals surface area (Å²) in [6.07, 6.45) is 5.97. The van der Waals surface area contributed by atoms with E-state index < -0.39 is 0 Å². The Bertz CT molecular complexity index is 407. The minimum Gasteiger partial charge on any atom is -0.354 e. The van der Waals surface area contributed by atoms with Crippen molar-refractivity contribution in [1.29, 1.82) is 0 Å². The fourth-order valence-electron chi connectivity index (χ4n) is 2.40. The third-order valence-electron chi connectivity index (χ3n) is 3.55. The van der Waals surface area contributed by atoms with E-state index in [1.165, 1.54) is 19.0 Å². The van der Waals surface area contributed by atoms with Crippen molar-refractivity contribution in [2.75, 3.05) is 18.0 Å². The number of rotatable bonds is 10. The highest BCUT2D eigenvalue weighted by Crippen LogP contribution is 2.21. The largest absolute Gasteiger partial charge is 0.354 e. The first-order valence-corrected chi connectivity index (χ1v) is 8.21. The van der Waals surface area contributed by atoms with Crippen LogP contribution in [0.5, 0.6) is 0 Å². The van der Waals surface area contributed by atoms with Gasteiger partial charge in [-0.2, -0.15) is 0 Å². The Morgan fingerprint density at radius 3 is 2.62 bits per heavy atom. The molecule has 120 valence electrons. The van der Waals surface area contributed by atoms with Gasteiger partial charge in [-0.1, -0.05) is 26.7 Å². The van der Waals surface area contributed by atoms with E-state index in [9.17, 15) is 4.39 Å². The predicted molar refractivity (Wildman–Crippen MR) is 88.2 cm³/mol. The molecule has 0 bridgehead atoms. The van der Waals surface area contributed by atoms with Crippen molar-refractivity contribution in [1.82, 2.24) is 10.3 Å². The van der Waals surface area contributed by atoms with Crippen LogP contribution in [0.2, 0.25) is 0 Å². The number of halogens is 1. The Morgan fingerprint density at radius 1 is 1.24 bits per heavy atom. The number of unbranched alkanes of at least 4 members (excludes halogenated alkanes) is 2. The molecule has 1 aromatic rings. The van der Waals surface area contributed by atoms with Crippen LogP contribution in [0.3, 0.4) is 0 Å². The molecule has 0 aliphatic heterocycles. The number of aromatic nitrogens is 1. The summed E-state index contributed by atoms with van der Waals surface area (Å²) < 4.78 is 13.5. The zero-order chi connectivity index (χ0) is 15.7. The maximum Gasteiger partial charge on any atom is 0.141 e. The molecule has 0 aliphatic rings. The average Bonchev–Trinajstić information content (AvgIpc) is 2.45. The predicted octanol–water partition coefficient (Wildman–Crippen LogP) is 4.13. The van der Waals surface area contributed by atoms with Crippen LogP contribution < -0.4 is 10.2 Å². The van der Waals surface area contributed by atoms with Crippen LogP contribution in [0.15, 0.2) is 12.3 Å². The van der Waals surface area contributed by atoms with Crippen molar-refractivity contribution >= 4 is 5.82 Å². The number of nitrogens with zero attached hydrogens (tertiary/aromatic N) is 2. The van der Waals surface area contributed by atoms with Gasteiger partial charge in [-0.15, -0.1) is 0 Å². The van der Waals surface area contributed by atoms with Gasteiger partial charge in [0, 0.05) is 24.7 Å². The van der Waals surface area contributed by atoms with E-state index >= 15 is 0 Å². The van der Waals surface area contributed by atoms with E-state index in [0.29, 0.717) is 12.6 Å². The molecular weight excluding hydrogens is 265 g/mol. The summed E-state index contributed by atoms with van der Waals surface area (Å²) in [5.41, 5.74) is 0.952. The summed E-state index contributed by atoms with van der Waals surface area (Å²) in [5, 5.41) is 3.35. The van der Waals surface area contributed by atoms with Gasteiger partial charge in [0.25, 0.3) is 0 Å². The molecule has 1 aromatic heterocycles. The second kappa shape index (κ2) is 9.72. The standard InChI is InChI=1S/C17H30FN3/c1-5-7-8-10-21(14(3)4)17-15(12-19-9-6-2)11-16(18)13-20-17/h11,13-14,19H,5-10,12H2,1-4H3. The fourth-order valence-corrected chi connectivity index (χ4v) is 2.40. The van der Waals surface area contributed by atoms with Crippen LogP contribution in [-0.4, -0.2) is 24.1 Å². The van der Waals surface area contributed by atoms with Gasteiger partial charge in [0.1, 0.15) is 11.6 Å². The molecule has 0 aromatic carbocycles. The Balaban J connectivity index is 2.88. The molecule has 0 unspecified atom stereocenters. The molecule has 0 saturated carbocycles. The number of hydrogen-bond acceptors (Lipinski definition) is 3. The van der Waals surface area contributed by atoms with Crippen molar-refractivity contribution in [2.45, 2.75) is 66.0 Å². The first-order chi connectivity index (χ1) is 10.1. The van der Waals surface area contributed by atoms with E-state index in [0.717, 1.165) is 37.3 Å². The van der Waals surface area contributed by atoms with Gasteiger partial charge < -0.3 is 10.2 Å². The smallest absolute Gasteiger partial charge is 0.141 e. The molecule has 0 atom stereocenters. The quantitative estimate of drug-likeness (QED) is 0.658. The first kappa shape index (κ1) is 17.9. The second-order valence-corrected chi connectivity index (χ2v) is 5.81. The van der Waals surface area contributed by atoms with Crippen LogP contribution in [0.1, 0.15) is 58.9 Å². The van der Waals surface area contributed by atoms with E-state index in [1.807, 2.05) is 0 Å². The normalized spacial score (nSPS) is 11.1. The molecule has 0 radical (unpaired) electrons. The van der Waals surface area contributed by atoms with Gasteiger partial charge in [-0.05, 0) is 39.3 Å². The minimum atomic E-state index is -0.260. The van der Waals surface area contributed by atoms with E-state index in [4.69, 9.17) is 0 Å². The molecule has 0 amide bonds. The van der Waals surface area contributed by atoms with Gasteiger partial charge in [-0.25, -0.2) is 9.37 Å².